The zero-order valence-corrected chi connectivity index (χ0v) is 14.6. The van der Waals surface area contributed by atoms with Crippen molar-refractivity contribution >= 4 is 11.9 Å². The van der Waals surface area contributed by atoms with E-state index in [1.807, 2.05) is 0 Å². The van der Waals surface area contributed by atoms with E-state index >= 15 is 0 Å². The molecule has 2 fully saturated rings. The van der Waals surface area contributed by atoms with Crippen LogP contribution in [0.1, 0.15) is 39.5 Å². The normalized spacial score (nSPS) is 21.3. The average molecular weight is 348 g/mol. The van der Waals surface area contributed by atoms with Crippen molar-refractivity contribution < 1.29 is 30.0 Å². The molecule has 2 aliphatic heterocycles. The third-order valence-corrected chi connectivity index (χ3v) is 4.06. The second kappa shape index (κ2) is 13.1. The standard InChI is InChI=1S/2C6H13N.C4H6O6/c2*1-6-2-4-7-5-3-6;5-1(3(7)8)2(6)4(9)10/h2*6-7H,2-5H2,1H3;1-2,5-6H,(H,7,8)(H,9,10). The SMILES string of the molecule is CC1CCNCC1.CC1CCNCC1.O=C(O)C(O)C(O)C(=O)O. The van der Waals surface area contributed by atoms with Crippen LogP contribution in [0.5, 0.6) is 0 Å². The molecule has 2 unspecified atom stereocenters. The van der Waals surface area contributed by atoms with Crippen LogP contribution in [0.3, 0.4) is 0 Å². The molecule has 24 heavy (non-hydrogen) atoms. The molecule has 0 bridgehead atoms. The molecule has 2 atom stereocenters. The van der Waals surface area contributed by atoms with Gasteiger partial charge in [0, 0.05) is 0 Å². The molecule has 0 spiro atoms. The van der Waals surface area contributed by atoms with Gasteiger partial charge in [-0.25, -0.2) is 9.59 Å². The third kappa shape index (κ3) is 11.3. The number of carboxylic acid groups (broad SMARTS) is 2. The van der Waals surface area contributed by atoms with Gasteiger partial charge in [-0.05, 0) is 63.7 Å². The van der Waals surface area contributed by atoms with E-state index in [-0.39, 0.29) is 0 Å². The topological polar surface area (TPSA) is 139 Å². The Hall–Kier alpha value is -1.22. The lowest BCUT2D eigenvalue weighted by molar-refractivity contribution is -0.165. The van der Waals surface area contributed by atoms with Gasteiger partial charge < -0.3 is 31.1 Å². The number of nitrogens with one attached hydrogen (secondary N) is 2. The van der Waals surface area contributed by atoms with Gasteiger partial charge in [-0.3, -0.25) is 0 Å². The molecular weight excluding hydrogens is 316 g/mol. The third-order valence-electron chi connectivity index (χ3n) is 4.06. The number of hydrogen-bond acceptors (Lipinski definition) is 6. The lowest BCUT2D eigenvalue weighted by Crippen LogP contribution is -2.39. The van der Waals surface area contributed by atoms with Gasteiger partial charge in [0.2, 0.25) is 0 Å². The van der Waals surface area contributed by atoms with E-state index in [9.17, 15) is 9.59 Å². The molecule has 8 nitrogen and oxygen atoms in total. The first kappa shape index (κ1) is 22.8. The Bertz CT molecular complexity index is 320. The Morgan fingerprint density at radius 3 is 1.12 bits per heavy atom. The Balaban J connectivity index is 0.000000337. The number of carboxylic acids is 2. The molecule has 2 rings (SSSR count). The van der Waals surface area contributed by atoms with E-state index in [4.69, 9.17) is 20.4 Å². The van der Waals surface area contributed by atoms with E-state index in [1.54, 1.807) is 0 Å². The van der Waals surface area contributed by atoms with E-state index in [2.05, 4.69) is 24.5 Å². The fraction of sp³-hybridized carbons (Fsp3) is 0.875. The summed E-state index contributed by atoms with van der Waals surface area (Å²) < 4.78 is 0. The Kier molecular flexibility index (Phi) is 12.4. The predicted molar refractivity (Wildman–Crippen MR) is 89.8 cm³/mol. The first-order valence-corrected chi connectivity index (χ1v) is 8.48. The molecule has 0 aromatic heterocycles. The molecule has 2 saturated heterocycles. The predicted octanol–water partition coefficient (Wildman–Crippen LogP) is -0.111. The molecule has 6 N–H and O–H groups in total. The molecule has 2 aliphatic rings. The van der Waals surface area contributed by atoms with Gasteiger partial charge >= 0.3 is 11.9 Å². The first-order chi connectivity index (χ1) is 11.3. The minimum Gasteiger partial charge on any atom is -0.479 e. The van der Waals surface area contributed by atoms with Crippen molar-refractivity contribution in [2.75, 3.05) is 26.2 Å². The van der Waals surface area contributed by atoms with Crippen LogP contribution >= 0.6 is 0 Å². The summed E-state index contributed by atoms with van der Waals surface area (Å²) in [6.07, 6.45) is 0.968. The minimum atomic E-state index is -2.27. The second-order valence-electron chi connectivity index (χ2n) is 6.43. The largest absolute Gasteiger partial charge is 0.479 e. The molecule has 2 heterocycles. The van der Waals surface area contributed by atoms with Crippen LogP contribution in [-0.4, -0.2) is 70.8 Å². The van der Waals surface area contributed by atoms with E-state index < -0.39 is 24.1 Å². The lowest BCUT2D eigenvalue weighted by Gasteiger charge is -2.17. The Morgan fingerprint density at radius 2 is 1.00 bits per heavy atom. The molecular formula is C16H32N2O6. The highest BCUT2D eigenvalue weighted by Gasteiger charge is 2.29. The van der Waals surface area contributed by atoms with Gasteiger partial charge in [0.05, 0.1) is 0 Å². The average Bonchev–Trinajstić information content (AvgIpc) is 2.56. The summed E-state index contributed by atoms with van der Waals surface area (Å²) in [4.78, 5) is 19.5. The van der Waals surface area contributed by atoms with Gasteiger partial charge in [-0.2, -0.15) is 0 Å². The zero-order valence-electron chi connectivity index (χ0n) is 14.6. The highest BCUT2D eigenvalue weighted by molar-refractivity contribution is 5.83. The van der Waals surface area contributed by atoms with E-state index in [1.165, 1.54) is 51.9 Å². The number of aliphatic carboxylic acids is 2. The molecule has 0 radical (unpaired) electrons. The number of aliphatic hydroxyl groups is 2. The summed E-state index contributed by atoms with van der Waals surface area (Å²) >= 11 is 0. The van der Waals surface area contributed by atoms with Crippen molar-refractivity contribution in [2.45, 2.75) is 51.7 Å². The van der Waals surface area contributed by atoms with Gasteiger partial charge in [-0.1, -0.05) is 13.8 Å². The summed E-state index contributed by atoms with van der Waals surface area (Å²) in [5, 5.41) is 39.2. The van der Waals surface area contributed by atoms with E-state index in [0.29, 0.717) is 0 Å². The van der Waals surface area contributed by atoms with Gasteiger partial charge in [0.15, 0.2) is 12.2 Å². The van der Waals surface area contributed by atoms with Crippen molar-refractivity contribution in [2.24, 2.45) is 11.8 Å². The highest BCUT2D eigenvalue weighted by Crippen LogP contribution is 2.08. The second-order valence-corrected chi connectivity index (χ2v) is 6.43. The Labute approximate surface area is 143 Å². The van der Waals surface area contributed by atoms with Crippen LogP contribution in [0, 0.1) is 11.8 Å². The maximum atomic E-state index is 9.77. The number of hydrogen-bond donors (Lipinski definition) is 6. The quantitative estimate of drug-likeness (QED) is 0.415. The summed E-state index contributed by atoms with van der Waals surface area (Å²) in [6, 6.07) is 0. The fourth-order valence-corrected chi connectivity index (χ4v) is 2.20. The number of carbonyl (C=O) groups is 2. The maximum absolute atomic E-state index is 9.77. The van der Waals surface area contributed by atoms with Crippen LogP contribution < -0.4 is 10.6 Å². The van der Waals surface area contributed by atoms with Crippen LogP contribution in [0.15, 0.2) is 0 Å². The Morgan fingerprint density at radius 1 is 0.750 bits per heavy atom. The van der Waals surface area contributed by atoms with Gasteiger partial charge in [0.25, 0.3) is 0 Å². The van der Waals surface area contributed by atoms with Crippen LogP contribution in [0.2, 0.25) is 0 Å². The van der Waals surface area contributed by atoms with Crippen molar-refractivity contribution in [3.63, 3.8) is 0 Å². The molecule has 0 aromatic carbocycles. The lowest BCUT2D eigenvalue weighted by atomic mass is 10.0. The van der Waals surface area contributed by atoms with Crippen LogP contribution in [-0.2, 0) is 9.59 Å². The zero-order chi connectivity index (χ0) is 18.5. The highest BCUT2D eigenvalue weighted by atomic mass is 16.4. The molecule has 0 aromatic rings. The van der Waals surface area contributed by atoms with Crippen LogP contribution in [0.4, 0.5) is 0 Å². The molecule has 0 amide bonds. The number of aliphatic hydroxyl groups excluding tert-OH is 2. The molecule has 0 saturated carbocycles. The molecule has 0 aliphatic carbocycles. The van der Waals surface area contributed by atoms with Crippen LogP contribution in [0.25, 0.3) is 0 Å². The van der Waals surface area contributed by atoms with Crippen molar-refractivity contribution in [1.29, 1.82) is 0 Å². The first-order valence-electron chi connectivity index (χ1n) is 8.48. The smallest absolute Gasteiger partial charge is 0.335 e. The van der Waals surface area contributed by atoms with Crippen molar-refractivity contribution in [3.8, 4) is 0 Å². The maximum Gasteiger partial charge on any atom is 0.335 e. The van der Waals surface area contributed by atoms with E-state index in [0.717, 1.165) is 11.8 Å². The summed E-state index contributed by atoms with van der Waals surface area (Å²) in [7, 11) is 0. The monoisotopic (exact) mass is 348 g/mol. The summed E-state index contributed by atoms with van der Waals surface area (Å²) in [5.41, 5.74) is 0. The van der Waals surface area contributed by atoms with Gasteiger partial charge in [0.1, 0.15) is 0 Å². The summed E-state index contributed by atoms with van der Waals surface area (Å²) in [5.74, 6) is -1.59. The number of piperidine rings is 2. The number of rotatable bonds is 3. The molecule has 142 valence electrons. The minimum absolute atomic E-state index is 0.973. The fourth-order valence-electron chi connectivity index (χ4n) is 2.20. The van der Waals surface area contributed by atoms with Crippen molar-refractivity contribution in [1.82, 2.24) is 10.6 Å². The van der Waals surface area contributed by atoms with Gasteiger partial charge in [-0.15, -0.1) is 0 Å². The summed E-state index contributed by atoms with van der Waals surface area (Å²) in [6.45, 7) is 9.59. The molecule has 8 heteroatoms. The van der Waals surface area contributed by atoms with Crippen molar-refractivity contribution in [3.05, 3.63) is 0 Å².